The predicted molar refractivity (Wildman–Crippen MR) is 103 cm³/mol. The highest BCUT2D eigenvalue weighted by atomic mass is 16.5. The van der Waals surface area contributed by atoms with E-state index in [9.17, 15) is 4.79 Å². The molecule has 1 N–H and O–H groups in total. The molecule has 1 aromatic heterocycles. The summed E-state index contributed by atoms with van der Waals surface area (Å²) in [4.78, 5) is 16.8. The Balaban J connectivity index is 1.68. The van der Waals surface area contributed by atoms with E-state index in [0.717, 1.165) is 34.7 Å². The average Bonchev–Trinajstić information content (AvgIpc) is 2.97. The Morgan fingerprint density at radius 2 is 2.00 bits per heavy atom. The smallest absolute Gasteiger partial charge is 0.271 e. The highest BCUT2D eigenvalue weighted by Crippen LogP contribution is 2.17. The van der Waals surface area contributed by atoms with Crippen molar-refractivity contribution in [3.8, 4) is 5.75 Å². The van der Waals surface area contributed by atoms with Crippen LogP contribution in [0.2, 0.25) is 0 Å². The molecule has 0 aliphatic heterocycles. The van der Waals surface area contributed by atoms with Crippen LogP contribution in [0.4, 0.5) is 0 Å². The number of carbonyl (C=O) groups excluding carboxylic acids is 1. The molecule has 0 bridgehead atoms. The van der Waals surface area contributed by atoms with Crippen molar-refractivity contribution in [2.24, 2.45) is 5.10 Å². The monoisotopic (exact) mass is 350 g/mol. The Hall–Kier alpha value is -3.15. The van der Waals surface area contributed by atoms with Gasteiger partial charge >= 0.3 is 0 Å². The van der Waals surface area contributed by atoms with E-state index in [-0.39, 0.29) is 5.91 Å². The van der Waals surface area contributed by atoms with Crippen LogP contribution in [0, 0.1) is 6.92 Å². The maximum atomic E-state index is 12.3. The number of amides is 1. The summed E-state index contributed by atoms with van der Waals surface area (Å²) >= 11 is 0. The molecule has 134 valence electrons. The van der Waals surface area contributed by atoms with Crippen molar-refractivity contribution in [3.05, 3.63) is 59.4 Å². The number of aromatic nitrogens is 2. The summed E-state index contributed by atoms with van der Waals surface area (Å²) in [7, 11) is 0. The van der Waals surface area contributed by atoms with E-state index in [1.165, 1.54) is 0 Å². The lowest BCUT2D eigenvalue weighted by atomic mass is 10.2. The summed E-state index contributed by atoms with van der Waals surface area (Å²) in [6.45, 7) is 7.45. The summed E-state index contributed by atoms with van der Waals surface area (Å²) in [5, 5.41) is 4.02. The second-order valence-electron chi connectivity index (χ2n) is 5.81. The lowest BCUT2D eigenvalue weighted by Crippen LogP contribution is -2.17. The largest absolute Gasteiger partial charge is 0.494 e. The molecular weight excluding hydrogens is 328 g/mol. The topological polar surface area (TPSA) is 68.5 Å². The summed E-state index contributed by atoms with van der Waals surface area (Å²) < 4.78 is 7.50. The van der Waals surface area contributed by atoms with Crippen LogP contribution in [0.1, 0.15) is 35.6 Å². The zero-order chi connectivity index (χ0) is 18.5. The van der Waals surface area contributed by atoms with Crippen LogP contribution in [0.15, 0.2) is 47.6 Å². The zero-order valence-corrected chi connectivity index (χ0v) is 15.2. The second kappa shape index (κ2) is 7.82. The number of aryl methyl sites for hydroxylation is 2. The minimum atomic E-state index is -0.266. The van der Waals surface area contributed by atoms with Crippen molar-refractivity contribution in [3.63, 3.8) is 0 Å². The average molecular weight is 350 g/mol. The molecule has 1 heterocycles. The summed E-state index contributed by atoms with van der Waals surface area (Å²) in [6, 6.07) is 13.0. The van der Waals surface area contributed by atoms with E-state index >= 15 is 0 Å². The minimum absolute atomic E-state index is 0.266. The fourth-order valence-corrected chi connectivity index (χ4v) is 2.84. The molecule has 0 aliphatic rings. The maximum absolute atomic E-state index is 12.3. The van der Waals surface area contributed by atoms with E-state index in [1.54, 1.807) is 18.3 Å². The Morgan fingerprint density at radius 1 is 1.23 bits per heavy atom. The summed E-state index contributed by atoms with van der Waals surface area (Å²) in [5.74, 6) is 1.48. The number of hydrazone groups is 1. The second-order valence-corrected chi connectivity index (χ2v) is 5.81. The molecule has 3 rings (SSSR count). The van der Waals surface area contributed by atoms with Crippen LogP contribution < -0.4 is 10.2 Å². The van der Waals surface area contributed by atoms with Crippen molar-refractivity contribution in [1.29, 1.82) is 0 Å². The van der Waals surface area contributed by atoms with Gasteiger partial charge in [0.2, 0.25) is 0 Å². The number of carbonyl (C=O) groups is 1. The Labute approximate surface area is 152 Å². The third-order valence-electron chi connectivity index (χ3n) is 4.09. The summed E-state index contributed by atoms with van der Waals surface area (Å²) in [6.07, 6.45) is 1.60. The molecule has 1 amide bonds. The number of imidazole rings is 1. The molecule has 6 nitrogen and oxygen atoms in total. The van der Waals surface area contributed by atoms with Crippen LogP contribution in [-0.4, -0.2) is 28.3 Å². The molecule has 0 fully saturated rings. The van der Waals surface area contributed by atoms with E-state index in [2.05, 4.69) is 27.0 Å². The van der Waals surface area contributed by atoms with Crippen molar-refractivity contribution in [2.45, 2.75) is 27.3 Å². The van der Waals surface area contributed by atoms with Crippen LogP contribution in [0.3, 0.4) is 0 Å². The molecule has 3 aromatic rings. The van der Waals surface area contributed by atoms with Crippen LogP contribution >= 0.6 is 0 Å². The first-order chi connectivity index (χ1) is 12.6. The molecule has 0 spiro atoms. The maximum Gasteiger partial charge on any atom is 0.271 e. The first kappa shape index (κ1) is 17.7. The Bertz CT molecular complexity index is 942. The summed E-state index contributed by atoms with van der Waals surface area (Å²) in [5.41, 5.74) is 5.80. The predicted octanol–water partition coefficient (Wildman–Crippen LogP) is 3.53. The van der Waals surface area contributed by atoms with Gasteiger partial charge < -0.3 is 9.30 Å². The van der Waals surface area contributed by atoms with Crippen molar-refractivity contribution in [1.82, 2.24) is 15.0 Å². The Morgan fingerprint density at radius 3 is 2.69 bits per heavy atom. The van der Waals surface area contributed by atoms with Crippen LogP contribution in [0.25, 0.3) is 11.0 Å². The van der Waals surface area contributed by atoms with Gasteiger partial charge in [-0.3, -0.25) is 4.79 Å². The van der Waals surface area contributed by atoms with Gasteiger partial charge in [0.15, 0.2) is 0 Å². The highest BCUT2D eigenvalue weighted by Gasteiger charge is 2.10. The number of fused-ring (bicyclic) bond motifs is 1. The molecule has 0 saturated carbocycles. The number of nitrogens with zero attached hydrogens (tertiary/aromatic N) is 3. The first-order valence-electron chi connectivity index (χ1n) is 8.65. The van der Waals surface area contributed by atoms with Gasteiger partial charge in [0, 0.05) is 12.1 Å². The Kier molecular flexibility index (Phi) is 5.31. The third-order valence-corrected chi connectivity index (χ3v) is 4.09. The number of benzene rings is 2. The van der Waals surface area contributed by atoms with Gasteiger partial charge in [-0.25, -0.2) is 10.4 Å². The SMILES string of the molecule is CCOc1ccc(/C=N\NC(=O)c2ccc3c(c2)nc(C)n3CC)cc1. The third kappa shape index (κ3) is 3.74. The van der Waals surface area contributed by atoms with Crippen molar-refractivity contribution < 1.29 is 9.53 Å². The normalized spacial score (nSPS) is 11.2. The first-order valence-corrected chi connectivity index (χ1v) is 8.65. The van der Waals surface area contributed by atoms with E-state index in [1.807, 2.05) is 44.2 Å². The van der Waals surface area contributed by atoms with Gasteiger partial charge in [-0.05, 0) is 68.8 Å². The molecule has 0 aliphatic carbocycles. The molecule has 0 saturated heterocycles. The van der Waals surface area contributed by atoms with Crippen molar-refractivity contribution in [2.75, 3.05) is 6.61 Å². The highest BCUT2D eigenvalue weighted by molar-refractivity contribution is 5.97. The number of hydrogen-bond donors (Lipinski definition) is 1. The molecule has 6 heteroatoms. The van der Waals surface area contributed by atoms with Gasteiger partial charge in [-0.2, -0.15) is 5.10 Å². The standard InChI is InChI=1S/C20H22N4O2/c1-4-24-14(3)22-18-12-16(8-11-19(18)24)20(25)23-21-13-15-6-9-17(10-7-15)26-5-2/h6-13H,4-5H2,1-3H3,(H,23,25)/b21-13-. The lowest BCUT2D eigenvalue weighted by molar-refractivity contribution is 0.0955. The van der Waals surface area contributed by atoms with Crippen LogP contribution in [0.5, 0.6) is 5.75 Å². The fourth-order valence-electron chi connectivity index (χ4n) is 2.84. The molecule has 0 atom stereocenters. The quantitative estimate of drug-likeness (QED) is 0.546. The molecule has 2 aromatic carbocycles. The lowest BCUT2D eigenvalue weighted by Gasteiger charge is -2.03. The van der Waals surface area contributed by atoms with Gasteiger partial charge in [0.05, 0.1) is 23.9 Å². The van der Waals surface area contributed by atoms with Crippen LogP contribution in [-0.2, 0) is 6.54 Å². The molecular formula is C20H22N4O2. The van der Waals surface area contributed by atoms with Gasteiger partial charge in [0.1, 0.15) is 11.6 Å². The van der Waals surface area contributed by atoms with E-state index in [4.69, 9.17) is 4.74 Å². The van der Waals surface area contributed by atoms with Gasteiger partial charge in [0.25, 0.3) is 5.91 Å². The molecule has 0 radical (unpaired) electrons. The van der Waals surface area contributed by atoms with Crippen molar-refractivity contribution >= 4 is 23.2 Å². The zero-order valence-electron chi connectivity index (χ0n) is 15.2. The molecule has 0 unspecified atom stereocenters. The number of ether oxygens (including phenoxy) is 1. The van der Waals surface area contributed by atoms with Gasteiger partial charge in [-0.1, -0.05) is 0 Å². The van der Waals surface area contributed by atoms with E-state index < -0.39 is 0 Å². The van der Waals surface area contributed by atoms with E-state index in [0.29, 0.717) is 12.2 Å². The number of rotatable bonds is 6. The fraction of sp³-hybridized carbons (Fsp3) is 0.250. The minimum Gasteiger partial charge on any atom is -0.494 e. The number of nitrogens with one attached hydrogen (secondary N) is 1. The number of hydrogen-bond acceptors (Lipinski definition) is 4. The molecule has 26 heavy (non-hydrogen) atoms. The van der Waals surface area contributed by atoms with Gasteiger partial charge in [-0.15, -0.1) is 0 Å².